The molecule has 0 aliphatic heterocycles. The highest BCUT2D eigenvalue weighted by molar-refractivity contribution is 5.70. The molecule has 1 heterocycles. The van der Waals surface area contributed by atoms with Gasteiger partial charge in [-0.15, -0.1) is 0 Å². The third kappa shape index (κ3) is 4.12. The molecule has 5 nitrogen and oxygen atoms in total. The number of nitrogens with one attached hydrogen (secondary N) is 1. The van der Waals surface area contributed by atoms with E-state index in [1.54, 1.807) is 0 Å². The number of H-pyrrole nitrogens is 1. The Labute approximate surface area is 165 Å². The Bertz CT molecular complexity index is 1060. The van der Waals surface area contributed by atoms with E-state index in [2.05, 4.69) is 23.0 Å². The summed E-state index contributed by atoms with van der Waals surface area (Å²) in [6, 6.07) is 17.8. The standard InChI is InChI=1S/C23H24N4O/c1-4-7-21-20(22(28)26-23(25-21)27(2)3)14-16-10-12-17(13-11-16)19-9-6-5-8-18(19)15-24/h5-6,8-13H,4,7,14H2,1-3H3,(H,25,26,28). The van der Waals surface area contributed by atoms with E-state index < -0.39 is 0 Å². The van der Waals surface area contributed by atoms with Crippen LogP contribution in [-0.4, -0.2) is 24.1 Å². The molecule has 3 rings (SSSR count). The van der Waals surface area contributed by atoms with E-state index in [-0.39, 0.29) is 5.56 Å². The third-order valence-electron chi connectivity index (χ3n) is 4.69. The zero-order chi connectivity index (χ0) is 20.1. The Morgan fingerprint density at radius 2 is 1.82 bits per heavy atom. The van der Waals surface area contributed by atoms with Crippen LogP contribution < -0.4 is 10.5 Å². The Kier molecular flexibility index (Phi) is 5.90. The van der Waals surface area contributed by atoms with Gasteiger partial charge in [-0.25, -0.2) is 4.98 Å². The molecular weight excluding hydrogens is 348 g/mol. The van der Waals surface area contributed by atoms with Gasteiger partial charge >= 0.3 is 0 Å². The minimum absolute atomic E-state index is 0.0824. The van der Waals surface area contributed by atoms with Gasteiger partial charge in [-0.1, -0.05) is 55.8 Å². The molecule has 28 heavy (non-hydrogen) atoms. The van der Waals surface area contributed by atoms with Gasteiger partial charge in [0.15, 0.2) is 0 Å². The van der Waals surface area contributed by atoms with Crippen LogP contribution >= 0.6 is 0 Å². The van der Waals surface area contributed by atoms with E-state index >= 15 is 0 Å². The molecule has 1 aromatic heterocycles. The van der Waals surface area contributed by atoms with Crippen molar-refractivity contribution in [2.24, 2.45) is 0 Å². The van der Waals surface area contributed by atoms with Crippen molar-refractivity contribution in [2.45, 2.75) is 26.2 Å². The molecule has 0 saturated heterocycles. The van der Waals surface area contributed by atoms with Crippen LogP contribution in [0.2, 0.25) is 0 Å². The average molecular weight is 372 g/mol. The van der Waals surface area contributed by atoms with Gasteiger partial charge in [0, 0.05) is 26.1 Å². The fraction of sp³-hybridized carbons (Fsp3) is 0.261. The summed E-state index contributed by atoms with van der Waals surface area (Å²) in [6.07, 6.45) is 2.24. The molecule has 0 spiro atoms. The number of hydrogen-bond donors (Lipinski definition) is 1. The van der Waals surface area contributed by atoms with Gasteiger partial charge in [0.25, 0.3) is 5.56 Å². The number of hydrogen-bond acceptors (Lipinski definition) is 4. The zero-order valence-electron chi connectivity index (χ0n) is 16.5. The topological polar surface area (TPSA) is 72.8 Å². The summed E-state index contributed by atoms with van der Waals surface area (Å²) < 4.78 is 0. The maximum atomic E-state index is 12.7. The summed E-state index contributed by atoms with van der Waals surface area (Å²) in [5.41, 5.74) is 5.09. The van der Waals surface area contributed by atoms with Crippen LogP contribution in [0.4, 0.5) is 5.95 Å². The van der Waals surface area contributed by atoms with E-state index in [4.69, 9.17) is 0 Å². The normalized spacial score (nSPS) is 10.5. The number of aromatic amines is 1. The summed E-state index contributed by atoms with van der Waals surface area (Å²) in [4.78, 5) is 22.0. The van der Waals surface area contributed by atoms with Gasteiger partial charge < -0.3 is 4.90 Å². The largest absolute Gasteiger partial charge is 0.348 e. The quantitative estimate of drug-likeness (QED) is 0.712. The minimum Gasteiger partial charge on any atom is -0.348 e. The first kappa shape index (κ1) is 19.4. The molecule has 0 unspecified atom stereocenters. The molecule has 3 aromatic rings. The summed E-state index contributed by atoms with van der Waals surface area (Å²) in [5.74, 6) is 0.584. The number of benzene rings is 2. The number of nitriles is 1. The van der Waals surface area contributed by atoms with Crippen molar-refractivity contribution in [1.82, 2.24) is 9.97 Å². The van der Waals surface area contributed by atoms with Crippen LogP contribution in [0, 0.1) is 11.3 Å². The number of rotatable bonds is 6. The first-order chi connectivity index (χ1) is 13.5. The number of anilines is 1. The summed E-state index contributed by atoms with van der Waals surface area (Å²) in [6.45, 7) is 2.09. The van der Waals surface area contributed by atoms with Gasteiger partial charge in [-0.05, 0) is 29.2 Å². The second-order valence-corrected chi connectivity index (χ2v) is 6.99. The summed E-state index contributed by atoms with van der Waals surface area (Å²) in [7, 11) is 3.73. The second-order valence-electron chi connectivity index (χ2n) is 6.99. The molecule has 0 atom stereocenters. The Morgan fingerprint density at radius 1 is 1.11 bits per heavy atom. The molecule has 0 amide bonds. The molecule has 2 aromatic carbocycles. The first-order valence-corrected chi connectivity index (χ1v) is 9.41. The molecule has 0 bridgehead atoms. The lowest BCUT2D eigenvalue weighted by Gasteiger charge is -2.15. The average Bonchev–Trinajstić information content (AvgIpc) is 2.71. The lowest BCUT2D eigenvalue weighted by atomic mass is 9.97. The van der Waals surface area contributed by atoms with Gasteiger partial charge in [-0.2, -0.15) is 5.26 Å². The van der Waals surface area contributed by atoms with Crippen LogP contribution in [0.5, 0.6) is 0 Å². The predicted octanol–water partition coefficient (Wildman–Crippen LogP) is 3.92. The lowest BCUT2D eigenvalue weighted by molar-refractivity contribution is 0.826. The van der Waals surface area contributed by atoms with Crippen molar-refractivity contribution in [3.8, 4) is 17.2 Å². The van der Waals surface area contributed by atoms with E-state index in [0.29, 0.717) is 17.9 Å². The predicted molar refractivity (Wildman–Crippen MR) is 113 cm³/mol. The van der Waals surface area contributed by atoms with E-state index in [1.807, 2.05) is 67.5 Å². The Balaban J connectivity index is 1.92. The first-order valence-electron chi connectivity index (χ1n) is 9.41. The highest BCUT2D eigenvalue weighted by Gasteiger charge is 2.13. The molecule has 0 fully saturated rings. The fourth-order valence-corrected chi connectivity index (χ4v) is 3.21. The van der Waals surface area contributed by atoms with Gasteiger partial charge in [0.05, 0.1) is 17.3 Å². The number of aryl methyl sites for hydroxylation is 1. The highest BCUT2D eigenvalue weighted by atomic mass is 16.1. The molecular formula is C23H24N4O. The van der Waals surface area contributed by atoms with Crippen LogP contribution in [0.15, 0.2) is 53.3 Å². The van der Waals surface area contributed by atoms with E-state index in [9.17, 15) is 10.1 Å². The Hall–Kier alpha value is -3.39. The second kappa shape index (κ2) is 8.53. The van der Waals surface area contributed by atoms with Gasteiger partial charge in [0.1, 0.15) is 0 Å². The van der Waals surface area contributed by atoms with Crippen molar-refractivity contribution < 1.29 is 0 Å². The van der Waals surface area contributed by atoms with Crippen LogP contribution in [0.25, 0.3) is 11.1 Å². The number of nitrogens with zero attached hydrogens (tertiary/aromatic N) is 3. The lowest BCUT2D eigenvalue weighted by Crippen LogP contribution is -2.24. The maximum Gasteiger partial charge on any atom is 0.256 e. The van der Waals surface area contributed by atoms with Gasteiger partial charge in [-0.3, -0.25) is 9.78 Å². The molecule has 0 saturated carbocycles. The molecule has 1 N–H and O–H groups in total. The molecule has 0 radical (unpaired) electrons. The summed E-state index contributed by atoms with van der Waals surface area (Å²) >= 11 is 0. The van der Waals surface area contributed by atoms with Crippen LogP contribution in [-0.2, 0) is 12.8 Å². The SMILES string of the molecule is CCCc1nc(N(C)C)[nH]c(=O)c1Cc1ccc(-c2ccccc2C#N)cc1. The van der Waals surface area contributed by atoms with Gasteiger partial charge in [0.2, 0.25) is 5.95 Å². The van der Waals surface area contributed by atoms with Crippen molar-refractivity contribution >= 4 is 5.95 Å². The zero-order valence-corrected chi connectivity index (χ0v) is 16.5. The smallest absolute Gasteiger partial charge is 0.256 e. The monoisotopic (exact) mass is 372 g/mol. The summed E-state index contributed by atoms with van der Waals surface area (Å²) in [5, 5.41) is 9.30. The molecule has 0 aliphatic rings. The van der Waals surface area contributed by atoms with Crippen molar-refractivity contribution in [2.75, 3.05) is 19.0 Å². The minimum atomic E-state index is -0.0824. The van der Waals surface area contributed by atoms with E-state index in [1.165, 1.54) is 0 Å². The third-order valence-corrected chi connectivity index (χ3v) is 4.69. The van der Waals surface area contributed by atoms with Crippen LogP contribution in [0.1, 0.15) is 35.7 Å². The molecule has 5 heteroatoms. The maximum absolute atomic E-state index is 12.7. The molecule has 0 aliphatic carbocycles. The van der Waals surface area contributed by atoms with E-state index in [0.717, 1.165) is 40.8 Å². The molecule has 142 valence electrons. The van der Waals surface area contributed by atoms with Crippen molar-refractivity contribution in [1.29, 1.82) is 5.26 Å². The number of aromatic nitrogens is 2. The van der Waals surface area contributed by atoms with Crippen LogP contribution in [0.3, 0.4) is 0 Å². The van der Waals surface area contributed by atoms with Crippen molar-refractivity contribution in [3.05, 3.63) is 81.3 Å². The highest BCUT2D eigenvalue weighted by Crippen LogP contribution is 2.24. The Morgan fingerprint density at radius 3 is 2.46 bits per heavy atom. The van der Waals surface area contributed by atoms with Crippen molar-refractivity contribution in [3.63, 3.8) is 0 Å². The fourth-order valence-electron chi connectivity index (χ4n) is 3.21.